The Hall–Kier alpha value is -1.39. The maximum Gasteiger partial charge on any atom is 0.444 e. The van der Waals surface area contributed by atoms with Gasteiger partial charge in [0.25, 0.3) is 0 Å². The Labute approximate surface area is 113 Å². The molecule has 110 valence electrons. The van der Waals surface area contributed by atoms with E-state index in [0.717, 1.165) is 0 Å². The lowest BCUT2D eigenvalue weighted by molar-refractivity contribution is -0.274. The summed E-state index contributed by atoms with van der Waals surface area (Å²) < 4.78 is 42.1. The summed E-state index contributed by atoms with van der Waals surface area (Å²) in [5.41, 5.74) is -0.647. The fourth-order valence-electron chi connectivity index (χ4n) is 0.829. The number of aliphatic hydroxyl groups is 1. The summed E-state index contributed by atoms with van der Waals surface area (Å²) in [6.45, 7) is 4.53. The topological polar surface area (TPSA) is 82.6 Å². The highest BCUT2D eigenvalue weighted by molar-refractivity contribution is 7.80. The summed E-state index contributed by atoms with van der Waals surface area (Å²) in [7, 11) is 0. The number of rotatable bonds is 6. The van der Waals surface area contributed by atoms with E-state index in [4.69, 9.17) is 0 Å². The molecule has 0 aliphatic carbocycles. The smallest absolute Gasteiger partial charge is 0.444 e. The molecule has 10 heteroatoms. The van der Waals surface area contributed by atoms with Crippen molar-refractivity contribution in [1.82, 2.24) is 16.2 Å². The largest absolute Gasteiger partial charge is 0.463 e. The second kappa shape index (κ2) is 7.26. The van der Waals surface area contributed by atoms with Crippen LogP contribution in [0.15, 0.2) is 12.7 Å². The van der Waals surface area contributed by atoms with E-state index in [0.29, 0.717) is 0 Å². The molecule has 1 unspecified atom stereocenters. The molecule has 0 saturated heterocycles. The molecular weight excluding hydrogens is 287 g/mol. The number of alkyl halides is 3. The van der Waals surface area contributed by atoms with Gasteiger partial charge >= 0.3 is 17.9 Å². The van der Waals surface area contributed by atoms with Gasteiger partial charge in [-0.25, -0.2) is 4.79 Å². The standard InChI is InChI=1S/C9H14F3N3O3S/c1-3-5-13-7(19)14-15-8(17,9(10,11)12)6(16)18-4-2/h3,15,17H,1,4-5H2,2H3,(H2,13,14,19). The molecule has 4 N–H and O–H groups in total. The summed E-state index contributed by atoms with van der Waals surface area (Å²) >= 11 is 4.60. The molecule has 0 fully saturated rings. The minimum Gasteiger partial charge on any atom is -0.463 e. The zero-order chi connectivity index (χ0) is 15.1. The van der Waals surface area contributed by atoms with Gasteiger partial charge in [-0.1, -0.05) is 6.08 Å². The Morgan fingerprint density at radius 1 is 1.53 bits per heavy atom. The third-order valence-electron chi connectivity index (χ3n) is 1.74. The first-order valence-corrected chi connectivity index (χ1v) is 5.48. The lowest BCUT2D eigenvalue weighted by Crippen LogP contribution is -2.68. The number of hydrogen-bond acceptors (Lipinski definition) is 5. The first kappa shape index (κ1) is 17.6. The van der Waals surface area contributed by atoms with Gasteiger partial charge in [0.1, 0.15) is 0 Å². The second-order valence-corrected chi connectivity index (χ2v) is 3.59. The minimum absolute atomic E-state index is 0.192. The lowest BCUT2D eigenvalue weighted by Gasteiger charge is -2.29. The molecule has 0 heterocycles. The normalized spacial score (nSPS) is 14.2. The van der Waals surface area contributed by atoms with Crippen LogP contribution >= 0.6 is 12.2 Å². The van der Waals surface area contributed by atoms with E-state index in [1.165, 1.54) is 18.4 Å². The third-order valence-corrected chi connectivity index (χ3v) is 1.99. The first-order valence-electron chi connectivity index (χ1n) is 5.07. The van der Waals surface area contributed by atoms with Crippen molar-refractivity contribution in [3.05, 3.63) is 12.7 Å². The SMILES string of the molecule is C=CCNC(=S)NNC(O)(C(=O)OCC)C(F)(F)F. The number of nitrogens with one attached hydrogen (secondary N) is 3. The number of carbonyl (C=O) groups is 1. The van der Waals surface area contributed by atoms with Crippen LogP contribution < -0.4 is 16.2 Å². The molecule has 0 aromatic heterocycles. The predicted octanol–water partition coefficient (Wildman–Crippen LogP) is -0.0449. The van der Waals surface area contributed by atoms with Crippen molar-refractivity contribution in [3.63, 3.8) is 0 Å². The number of thiocarbonyl (C=S) groups is 1. The minimum atomic E-state index is -5.29. The van der Waals surface area contributed by atoms with E-state index < -0.39 is 17.9 Å². The fraction of sp³-hybridized carbons (Fsp3) is 0.556. The van der Waals surface area contributed by atoms with E-state index in [9.17, 15) is 23.1 Å². The molecule has 0 amide bonds. The van der Waals surface area contributed by atoms with Crippen molar-refractivity contribution in [2.75, 3.05) is 13.2 Å². The molecule has 0 radical (unpaired) electrons. The molecule has 1 atom stereocenters. The van der Waals surface area contributed by atoms with Crippen molar-refractivity contribution >= 4 is 23.3 Å². The Balaban J connectivity index is 4.75. The van der Waals surface area contributed by atoms with Gasteiger partial charge in [0.15, 0.2) is 5.11 Å². The van der Waals surface area contributed by atoms with Gasteiger partial charge in [0.2, 0.25) is 0 Å². The fourth-order valence-corrected chi connectivity index (χ4v) is 0.964. The highest BCUT2D eigenvalue weighted by Crippen LogP contribution is 2.28. The van der Waals surface area contributed by atoms with Crippen LogP contribution in [-0.4, -0.2) is 41.2 Å². The Kier molecular flexibility index (Phi) is 6.73. The van der Waals surface area contributed by atoms with Crippen molar-refractivity contribution in [2.45, 2.75) is 18.8 Å². The lowest BCUT2D eigenvalue weighted by atomic mass is 10.2. The van der Waals surface area contributed by atoms with E-state index in [1.807, 2.05) is 5.43 Å². The molecule has 0 bridgehead atoms. The highest BCUT2D eigenvalue weighted by atomic mass is 32.1. The summed E-state index contributed by atoms with van der Waals surface area (Å²) in [4.78, 5) is 11.2. The van der Waals surface area contributed by atoms with Crippen molar-refractivity contribution in [1.29, 1.82) is 0 Å². The maximum atomic E-state index is 12.6. The Bertz CT molecular complexity index is 351. The second-order valence-electron chi connectivity index (χ2n) is 3.18. The molecule has 0 aliphatic heterocycles. The van der Waals surface area contributed by atoms with Crippen LogP contribution in [0.3, 0.4) is 0 Å². The zero-order valence-electron chi connectivity index (χ0n) is 10.0. The van der Waals surface area contributed by atoms with E-state index in [2.05, 4.69) is 28.9 Å². The molecule has 0 aromatic rings. The van der Waals surface area contributed by atoms with Crippen LogP contribution in [0.5, 0.6) is 0 Å². The molecule has 0 rings (SSSR count). The number of ether oxygens (including phenoxy) is 1. The molecule has 0 aliphatic rings. The third kappa shape index (κ3) is 5.01. The van der Waals surface area contributed by atoms with Crippen molar-refractivity contribution in [2.24, 2.45) is 0 Å². The number of hydrogen-bond donors (Lipinski definition) is 4. The van der Waals surface area contributed by atoms with Gasteiger partial charge in [0.05, 0.1) is 6.61 Å². The maximum absolute atomic E-state index is 12.6. The summed E-state index contributed by atoms with van der Waals surface area (Å²) in [6, 6.07) is 0. The Morgan fingerprint density at radius 3 is 2.53 bits per heavy atom. The van der Waals surface area contributed by atoms with Crippen LogP contribution in [0.1, 0.15) is 6.92 Å². The predicted molar refractivity (Wildman–Crippen MR) is 64.7 cm³/mol. The van der Waals surface area contributed by atoms with Gasteiger partial charge in [0, 0.05) is 6.54 Å². The van der Waals surface area contributed by atoms with Gasteiger partial charge in [-0.3, -0.25) is 5.43 Å². The van der Waals surface area contributed by atoms with Gasteiger partial charge in [-0.2, -0.15) is 18.6 Å². The van der Waals surface area contributed by atoms with Gasteiger partial charge < -0.3 is 15.2 Å². The van der Waals surface area contributed by atoms with Crippen molar-refractivity contribution in [3.8, 4) is 0 Å². The van der Waals surface area contributed by atoms with E-state index >= 15 is 0 Å². The molecule has 0 aromatic carbocycles. The molecule has 6 nitrogen and oxygen atoms in total. The molecule has 19 heavy (non-hydrogen) atoms. The summed E-state index contributed by atoms with van der Waals surface area (Å²) in [5, 5.41) is 11.5. The Morgan fingerprint density at radius 2 is 2.11 bits per heavy atom. The van der Waals surface area contributed by atoms with Crippen LogP contribution in [0.4, 0.5) is 13.2 Å². The molecular formula is C9H14F3N3O3S. The zero-order valence-corrected chi connectivity index (χ0v) is 10.8. The van der Waals surface area contributed by atoms with Crippen LogP contribution in [0, 0.1) is 0 Å². The number of carbonyl (C=O) groups excluding carboxylic acids is 1. The van der Waals surface area contributed by atoms with Crippen LogP contribution in [0.2, 0.25) is 0 Å². The van der Waals surface area contributed by atoms with Gasteiger partial charge in [-0.15, -0.1) is 6.58 Å². The highest BCUT2D eigenvalue weighted by Gasteiger charge is 2.61. The number of esters is 1. The average Bonchev–Trinajstić information content (AvgIpc) is 2.32. The quantitative estimate of drug-likeness (QED) is 0.180. The monoisotopic (exact) mass is 301 g/mol. The molecule has 0 saturated carbocycles. The average molecular weight is 301 g/mol. The van der Waals surface area contributed by atoms with E-state index in [-0.39, 0.29) is 18.3 Å². The van der Waals surface area contributed by atoms with Crippen LogP contribution in [-0.2, 0) is 9.53 Å². The van der Waals surface area contributed by atoms with E-state index in [1.54, 1.807) is 0 Å². The summed E-state index contributed by atoms with van der Waals surface area (Å²) in [5.74, 6) is -1.89. The van der Waals surface area contributed by atoms with Gasteiger partial charge in [-0.05, 0) is 19.1 Å². The first-order chi connectivity index (χ1) is 8.69. The number of hydrazine groups is 1. The van der Waals surface area contributed by atoms with Crippen molar-refractivity contribution < 1.29 is 27.8 Å². The molecule has 0 spiro atoms. The summed E-state index contributed by atoms with van der Waals surface area (Å²) in [6.07, 6.45) is -3.88. The number of halogens is 3. The van der Waals surface area contributed by atoms with Crippen LogP contribution in [0.25, 0.3) is 0 Å².